The van der Waals surface area contributed by atoms with Crippen LogP contribution >= 0.6 is 11.3 Å². The zero-order chi connectivity index (χ0) is 29.6. The van der Waals surface area contributed by atoms with E-state index in [0.29, 0.717) is 43.7 Å². The molecule has 5 rings (SSSR count). The smallest absolute Gasteiger partial charge is 0.243 e. The summed E-state index contributed by atoms with van der Waals surface area (Å²) < 4.78 is 0. The highest BCUT2D eigenvalue weighted by molar-refractivity contribution is 7.11. The lowest BCUT2D eigenvalue weighted by molar-refractivity contribution is -0.151. The first-order chi connectivity index (χ1) is 20.3. The van der Waals surface area contributed by atoms with E-state index >= 15 is 0 Å². The number of aliphatic imine (C=N–C) groups is 1. The molecule has 1 aliphatic carbocycles. The monoisotopic (exact) mass is 593 g/mol. The van der Waals surface area contributed by atoms with Crippen molar-refractivity contribution in [3.05, 3.63) is 52.5 Å². The molecule has 0 spiro atoms. The number of Topliss-reactive ketones (excluding diaryl/α,β-unsaturated/α-hetero) is 1. The summed E-state index contributed by atoms with van der Waals surface area (Å²) in [5, 5.41) is 5.05. The van der Waals surface area contributed by atoms with Crippen LogP contribution in [0.1, 0.15) is 66.7 Å². The van der Waals surface area contributed by atoms with E-state index in [1.807, 2.05) is 30.3 Å². The van der Waals surface area contributed by atoms with Crippen molar-refractivity contribution < 1.29 is 19.2 Å². The average molecular weight is 594 g/mol. The van der Waals surface area contributed by atoms with Gasteiger partial charge in [-0.2, -0.15) is 0 Å². The fourth-order valence-corrected chi connectivity index (χ4v) is 7.26. The van der Waals surface area contributed by atoms with Crippen LogP contribution in [0.4, 0.5) is 0 Å². The van der Waals surface area contributed by atoms with Gasteiger partial charge >= 0.3 is 0 Å². The van der Waals surface area contributed by atoms with Crippen molar-refractivity contribution in [1.29, 1.82) is 0 Å². The van der Waals surface area contributed by atoms with E-state index < -0.39 is 12.1 Å². The molecule has 2 aliphatic heterocycles. The summed E-state index contributed by atoms with van der Waals surface area (Å²) >= 11 is 1.23. The Balaban J connectivity index is 1.24. The quantitative estimate of drug-likeness (QED) is 0.215. The lowest BCUT2D eigenvalue weighted by Gasteiger charge is -2.39. The number of guanidine groups is 1. The fraction of sp³-hybridized carbons (Fsp3) is 0.533. The van der Waals surface area contributed by atoms with Gasteiger partial charge in [0.25, 0.3) is 0 Å². The molecule has 3 amide bonds. The second-order valence-electron chi connectivity index (χ2n) is 11.5. The third-order valence-corrected chi connectivity index (χ3v) is 9.46. The predicted molar refractivity (Wildman–Crippen MR) is 160 cm³/mol. The number of hydrogen-bond acceptors (Lipinski definition) is 7. The Kier molecular flexibility index (Phi) is 9.51. The van der Waals surface area contributed by atoms with Gasteiger partial charge in [-0.3, -0.25) is 24.2 Å². The third kappa shape index (κ3) is 6.97. The summed E-state index contributed by atoms with van der Waals surface area (Å²) in [6.07, 6.45) is 7.67. The van der Waals surface area contributed by atoms with E-state index in [9.17, 15) is 19.2 Å². The van der Waals surface area contributed by atoms with E-state index in [1.54, 1.807) is 21.4 Å². The van der Waals surface area contributed by atoms with Crippen LogP contribution in [-0.4, -0.2) is 81.5 Å². The minimum absolute atomic E-state index is 0.0203. The molecule has 3 fully saturated rings. The molecule has 0 radical (unpaired) electrons. The number of carbonyl (C=O) groups excluding carboxylic acids is 4. The van der Waals surface area contributed by atoms with Gasteiger partial charge in [0.1, 0.15) is 6.04 Å². The maximum absolute atomic E-state index is 13.7. The van der Waals surface area contributed by atoms with E-state index in [0.717, 1.165) is 31.2 Å². The summed E-state index contributed by atoms with van der Waals surface area (Å²) in [5.41, 5.74) is 12.4. The molecular formula is C30H39N7O4S. The standard InChI is InChI=1S/C30H39N7O4S/c31-30(32)35-22-9-5-4-8-20(22)16-23(27(40)29-33-14-15-42-29)34-28(41)24-12-11-21-17-36(18-26(39)37(21)24)25(38)13-10-19-6-2-1-3-7-19/h1-3,6-7,14-15,20-24H,4-5,8-13,16-18H2,(H,34,41)(H4,31,32,35)/t20?,21-,22?,23?,24?/m0/s1. The zero-order valence-electron chi connectivity index (χ0n) is 23.7. The highest BCUT2D eigenvalue weighted by Crippen LogP contribution is 2.32. The minimum Gasteiger partial charge on any atom is -0.370 e. The van der Waals surface area contributed by atoms with Crippen LogP contribution in [0, 0.1) is 5.92 Å². The van der Waals surface area contributed by atoms with E-state index in [-0.39, 0.29) is 54.0 Å². The molecule has 3 heterocycles. The van der Waals surface area contributed by atoms with E-state index in [4.69, 9.17) is 11.5 Å². The van der Waals surface area contributed by atoms with Crippen LogP contribution < -0.4 is 16.8 Å². The van der Waals surface area contributed by atoms with Crippen LogP contribution in [0.3, 0.4) is 0 Å². The van der Waals surface area contributed by atoms with Crippen LogP contribution in [0.25, 0.3) is 0 Å². The number of aryl methyl sites for hydroxylation is 1. The van der Waals surface area contributed by atoms with Gasteiger partial charge in [0.15, 0.2) is 11.0 Å². The van der Waals surface area contributed by atoms with Gasteiger partial charge in [0.05, 0.1) is 24.7 Å². The molecule has 5 atom stereocenters. The maximum atomic E-state index is 13.7. The van der Waals surface area contributed by atoms with Crippen LogP contribution in [0.2, 0.25) is 0 Å². The van der Waals surface area contributed by atoms with Crippen molar-refractivity contribution in [2.75, 3.05) is 13.1 Å². The molecule has 2 aromatic rings. The van der Waals surface area contributed by atoms with Gasteiger partial charge in [0.2, 0.25) is 23.5 Å². The second-order valence-corrected chi connectivity index (χ2v) is 12.4. The topological polar surface area (TPSA) is 164 Å². The number of ketones is 1. The Morgan fingerprint density at radius 2 is 1.88 bits per heavy atom. The molecular weight excluding hydrogens is 554 g/mol. The number of thiazole rings is 1. The predicted octanol–water partition coefficient (Wildman–Crippen LogP) is 1.87. The van der Waals surface area contributed by atoms with Crippen molar-refractivity contribution in [1.82, 2.24) is 20.1 Å². The van der Waals surface area contributed by atoms with Crippen LogP contribution in [-0.2, 0) is 20.8 Å². The normalized spacial score (nSPS) is 24.5. The molecule has 1 saturated carbocycles. The molecule has 5 N–H and O–H groups in total. The number of nitrogens with one attached hydrogen (secondary N) is 1. The Morgan fingerprint density at radius 1 is 1.10 bits per heavy atom. The molecule has 4 unspecified atom stereocenters. The highest BCUT2D eigenvalue weighted by atomic mass is 32.1. The minimum atomic E-state index is -0.807. The second kappa shape index (κ2) is 13.5. The number of nitrogens with zero attached hydrogens (tertiary/aromatic N) is 4. The van der Waals surface area contributed by atoms with Gasteiger partial charge < -0.3 is 26.6 Å². The number of rotatable bonds is 10. The number of fused-ring (bicyclic) bond motifs is 1. The largest absolute Gasteiger partial charge is 0.370 e. The van der Waals surface area contributed by atoms with Gasteiger partial charge in [0, 0.05) is 24.5 Å². The molecule has 0 bridgehead atoms. The SMILES string of the molecule is NC(N)=NC1CCCCC1CC(NC(=O)C1CC[C@H]2CN(C(=O)CCc3ccccc3)CC(=O)N12)C(=O)c1nccs1. The first-order valence-corrected chi connectivity index (χ1v) is 15.6. The number of hydrogen-bond donors (Lipinski definition) is 3. The zero-order valence-corrected chi connectivity index (χ0v) is 24.5. The highest BCUT2D eigenvalue weighted by Gasteiger charge is 2.46. The van der Waals surface area contributed by atoms with Crippen molar-refractivity contribution in [3.63, 3.8) is 0 Å². The summed E-state index contributed by atoms with van der Waals surface area (Å²) in [7, 11) is 0. The molecule has 1 aromatic carbocycles. The number of piperazine rings is 1. The Labute approximate surface area is 249 Å². The van der Waals surface area contributed by atoms with Gasteiger partial charge in [-0.15, -0.1) is 11.3 Å². The lowest BCUT2D eigenvalue weighted by atomic mass is 9.80. The van der Waals surface area contributed by atoms with Gasteiger partial charge in [-0.1, -0.05) is 43.2 Å². The van der Waals surface area contributed by atoms with Gasteiger partial charge in [-0.25, -0.2) is 4.98 Å². The number of aromatic nitrogens is 1. The van der Waals surface area contributed by atoms with Crippen molar-refractivity contribution >= 4 is 40.8 Å². The Morgan fingerprint density at radius 3 is 2.62 bits per heavy atom. The first kappa shape index (κ1) is 29.7. The molecule has 12 heteroatoms. The number of carbonyl (C=O) groups is 4. The summed E-state index contributed by atoms with van der Waals surface area (Å²) in [6.45, 7) is 0.366. The number of nitrogens with two attached hydrogens (primary N) is 2. The van der Waals surface area contributed by atoms with Crippen LogP contribution in [0.15, 0.2) is 46.9 Å². The summed E-state index contributed by atoms with van der Waals surface area (Å²) in [4.78, 5) is 65.3. The molecule has 1 aromatic heterocycles. The van der Waals surface area contributed by atoms with Crippen LogP contribution in [0.5, 0.6) is 0 Å². The van der Waals surface area contributed by atoms with Crippen molar-refractivity contribution in [3.8, 4) is 0 Å². The summed E-state index contributed by atoms with van der Waals surface area (Å²) in [5.74, 6) is -0.845. The van der Waals surface area contributed by atoms with Crippen molar-refractivity contribution in [2.45, 2.75) is 82.0 Å². The molecule has 11 nitrogen and oxygen atoms in total. The number of benzene rings is 1. The molecule has 3 aliphatic rings. The Bertz CT molecular complexity index is 1300. The number of amides is 3. The maximum Gasteiger partial charge on any atom is 0.243 e. The van der Waals surface area contributed by atoms with Gasteiger partial charge in [-0.05, 0) is 50.0 Å². The fourth-order valence-electron chi connectivity index (χ4n) is 6.63. The van der Waals surface area contributed by atoms with E-state index in [2.05, 4.69) is 15.3 Å². The molecule has 42 heavy (non-hydrogen) atoms. The third-order valence-electron chi connectivity index (χ3n) is 8.67. The summed E-state index contributed by atoms with van der Waals surface area (Å²) in [6, 6.07) is 7.96. The molecule has 224 valence electrons. The Hall–Kier alpha value is -3.80. The van der Waals surface area contributed by atoms with Crippen molar-refractivity contribution in [2.24, 2.45) is 22.4 Å². The van der Waals surface area contributed by atoms with E-state index in [1.165, 1.54) is 11.3 Å². The average Bonchev–Trinajstić information content (AvgIpc) is 3.67. The first-order valence-electron chi connectivity index (χ1n) is 14.8. The molecule has 2 saturated heterocycles. The lowest BCUT2D eigenvalue weighted by Crippen LogP contribution is -2.60.